The van der Waals surface area contributed by atoms with Gasteiger partial charge in [-0.25, -0.2) is 4.39 Å². The number of carbonyl (C=O) groups is 1. The number of amides is 1. The van der Waals surface area contributed by atoms with Crippen LogP contribution in [0.2, 0.25) is 0 Å². The van der Waals surface area contributed by atoms with Gasteiger partial charge in [0.05, 0.1) is 4.47 Å². The second kappa shape index (κ2) is 3.93. The number of benzene rings is 1. The van der Waals surface area contributed by atoms with Crippen molar-refractivity contribution in [3.05, 3.63) is 28.0 Å². The van der Waals surface area contributed by atoms with E-state index in [9.17, 15) is 9.18 Å². The minimum absolute atomic E-state index is 0.187. The second-order valence-electron chi connectivity index (χ2n) is 3.76. The van der Waals surface area contributed by atoms with Crippen LogP contribution in [0.15, 0.2) is 16.6 Å². The standard InChI is InChI=1S/C11H11BrFNO/c1-7-2-3-8-10(14(7)6-15)5-4-9(13)11(8)12/h4-7H,2-3H2,1H3/t7-/m1/s1. The maximum Gasteiger partial charge on any atom is 0.214 e. The lowest BCUT2D eigenvalue weighted by atomic mass is 9.97. The Bertz CT molecular complexity index is 408. The van der Waals surface area contributed by atoms with Crippen molar-refractivity contribution in [2.75, 3.05) is 4.90 Å². The largest absolute Gasteiger partial charge is 0.312 e. The molecule has 1 aliphatic rings. The summed E-state index contributed by atoms with van der Waals surface area (Å²) in [4.78, 5) is 12.6. The molecule has 0 aliphatic carbocycles. The van der Waals surface area contributed by atoms with Crippen LogP contribution in [-0.4, -0.2) is 12.5 Å². The molecule has 0 saturated carbocycles. The first-order chi connectivity index (χ1) is 7.15. The average Bonchev–Trinajstić information content (AvgIpc) is 2.23. The highest BCUT2D eigenvalue weighted by Gasteiger charge is 2.25. The number of anilines is 1. The highest BCUT2D eigenvalue weighted by atomic mass is 79.9. The summed E-state index contributed by atoms with van der Waals surface area (Å²) in [6.07, 6.45) is 2.49. The van der Waals surface area contributed by atoms with E-state index < -0.39 is 0 Å². The molecule has 0 saturated heterocycles. The zero-order chi connectivity index (χ0) is 11.0. The van der Waals surface area contributed by atoms with Crippen molar-refractivity contribution in [1.29, 1.82) is 0 Å². The molecule has 1 aromatic rings. The van der Waals surface area contributed by atoms with E-state index in [4.69, 9.17) is 0 Å². The molecule has 2 rings (SSSR count). The molecule has 2 nitrogen and oxygen atoms in total. The smallest absolute Gasteiger partial charge is 0.214 e. The Morgan fingerprint density at radius 3 is 3.00 bits per heavy atom. The van der Waals surface area contributed by atoms with Gasteiger partial charge < -0.3 is 4.90 Å². The predicted molar refractivity (Wildman–Crippen MR) is 60.4 cm³/mol. The second-order valence-corrected chi connectivity index (χ2v) is 4.55. The van der Waals surface area contributed by atoms with E-state index in [2.05, 4.69) is 15.9 Å². The molecular formula is C11H11BrFNO. The third kappa shape index (κ3) is 1.67. The van der Waals surface area contributed by atoms with Gasteiger partial charge in [0.25, 0.3) is 0 Å². The quantitative estimate of drug-likeness (QED) is 0.720. The van der Waals surface area contributed by atoms with Gasteiger partial charge in [0.1, 0.15) is 5.82 Å². The molecule has 4 heteroatoms. The molecule has 0 radical (unpaired) electrons. The van der Waals surface area contributed by atoms with Crippen LogP contribution in [0.1, 0.15) is 18.9 Å². The van der Waals surface area contributed by atoms with Gasteiger partial charge in [0.15, 0.2) is 0 Å². The lowest BCUT2D eigenvalue weighted by Crippen LogP contribution is -2.36. The SMILES string of the molecule is C[C@@H]1CCc2c(ccc(F)c2Br)N1C=O. The van der Waals surface area contributed by atoms with E-state index in [1.807, 2.05) is 6.92 Å². The highest BCUT2D eigenvalue weighted by Crippen LogP contribution is 2.35. The third-order valence-electron chi connectivity index (χ3n) is 2.85. The predicted octanol–water partition coefficient (Wildman–Crippen LogP) is 2.89. The Morgan fingerprint density at radius 2 is 2.33 bits per heavy atom. The third-order valence-corrected chi connectivity index (χ3v) is 3.71. The molecule has 1 aliphatic heterocycles. The minimum Gasteiger partial charge on any atom is -0.312 e. The summed E-state index contributed by atoms with van der Waals surface area (Å²) in [5.74, 6) is -0.269. The van der Waals surface area contributed by atoms with Crippen LogP contribution in [-0.2, 0) is 11.2 Å². The van der Waals surface area contributed by atoms with E-state index >= 15 is 0 Å². The number of hydrogen-bond acceptors (Lipinski definition) is 1. The molecule has 1 heterocycles. The van der Waals surface area contributed by atoms with Gasteiger partial charge in [-0.15, -0.1) is 0 Å². The van der Waals surface area contributed by atoms with Crippen LogP contribution in [0, 0.1) is 5.82 Å². The van der Waals surface area contributed by atoms with Gasteiger partial charge in [0.2, 0.25) is 6.41 Å². The monoisotopic (exact) mass is 271 g/mol. The lowest BCUT2D eigenvalue weighted by Gasteiger charge is -2.32. The molecule has 0 aromatic heterocycles. The number of carbonyl (C=O) groups excluding carboxylic acids is 1. The first-order valence-electron chi connectivity index (χ1n) is 4.85. The summed E-state index contributed by atoms with van der Waals surface area (Å²) in [6.45, 7) is 1.99. The van der Waals surface area contributed by atoms with Crippen molar-refractivity contribution in [3.63, 3.8) is 0 Å². The maximum absolute atomic E-state index is 13.3. The molecule has 15 heavy (non-hydrogen) atoms. The Kier molecular flexibility index (Phi) is 2.78. The topological polar surface area (TPSA) is 20.3 Å². The Balaban J connectivity index is 2.56. The van der Waals surface area contributed by atoms with E-state index in [0.717, 1.165) is 30.5 Å². The number of fused-ring (bicyclic) bond motifs is 1. The molecule has 0 N–H and O–H groups in total. The molecule has 0 fully saturated rings. The van der Waals surface area contributed by atoms with E-state index in [1.54, 1.807) is 11.0 Å². The van der Waals surface area contributed by atoms with Gasteiger partial charge >= 0.3 is 0 Å². The number of hydrogen-bond donors (Lipinski definition) is 0. The molecule has 1 atom stereocenters. The number of halogens is 2. The summed E-state index contributed by atoms with van der Waals surface area (Å²) in [5, 5.41) is 0. The molecule has 1 aromatic carbocycles. The van der Waals surface area contributed by atoms with E-state index in [-0.39, 0.29) is 11.9 Å². The molecule has 80 valence electrons. The minimum atomic E-state index is -0.269. The van der Waals surface area contributed by atoms with Crippen molar-refractivity contribution in [2.45, 2.75) is 25.8 Å². The van der Waals surface area contributed by atoms with Crippen LogP contribution < -0.4 is 4.90 Å². The Labute approximate surface area is 96.2 Å². The molecule has 0 bridgehead atoms. The first kappa shape index (κ1) is 10.6. The fraction of sp³-hybridized carbons (Fsp3) is 0.364. The van der Waals surface area contributed by atoms with Crippen LogP contribution in [0.5, 0.6) is 0 Å². The van der Waals surface area contributed by atoms with Crippen molar-refractivity contribution < 1.29 is 9.18 Å². The normalized spacial score (nSPS) is 19.9. The Morgan fingerprint density at radius 1 is 1.60 bits per heavy atom. The molecule has 0 unspecified atom stereocenters. The Hall–Kier alpha value is -0.900. The van der Waals surface area contributed by atoms with Crippen molar-refractivity contribution in [1.82, 2.24) is 0 Å². The van der Waals surface area contributed by atoms with Crippen LogP contribution in [0.25, 0.3) is 0 Å². The molecule has 0 spiro atoms. The average molecular weight is 272 g/mol. The molecular weight excluding hydrogens is 261 g/mol. The summed E-state index contributed by atoms with van der Waals surface area (Å²) in [7, 11) is 0. The summed E-state index contributed by atoms with van der Waals surface area (Å²) >= 11 is 3.22. The fourth-order valence-electron chi connectivity index (χ4n) is 1.95. The van der Waals surface area contributed by atoms with Crippen molar-refractivity contribution in [2.24, 2.45) is 0 Å². The van der Waals surface area contributed by atoms with Crippen LogP contribution >= 0.6 is 15.9 Å². The maximum atomic E-state index is 13.3. The summed E-state index contributed by atoms with van der Waals surface area (Å²) in [6, 6.07) is 3.24. The lowest BCUT2D eigenvalue weighted by molar-refractivity contribution is -0.107. The number of rotatable bonds is 1. The van der Waals surface area contributed by atoms with Crippen molar-refractivity contribution >= 4 is 28.0 Å². The van der Waals surface area contributed by atoms with Gasteiger partial charge in [0, 0.05) is 11.7 Å². The van der Waals surface area contributed by atoms with Crippen LogP contribution in [0.3, 0.4) is 0 Å². The van der Waals surface area contributed by atoms with Gasteiger partial charge in [-0.3, -0.25) is 4.79 Å². The molecule has 1 amide bonds. The number of nitrogens with zero attached hydrogens (tertiary/aromatic N) is 1. The first-order valence-corrected chi connectivity index (χ1v) is 5.65. The fourth-order valence-corrected chi connectivity index (χ4v) is 2.49. The summed E-state index contributed by atoms with van der Waals surface area (Å²) in [5.41, 5.74) is 1.71. The van der Waals surface area contributed by atoms with Gasteiger partial charge in [-0.2, -0.15) is 0 Å². The highest BCUT2D eigenvalue weighted by molar-refractivity contribution is 9.10. The van der Waals surface area contributed by atoms with Crippen molar-refractivity contribution in [3.8, 4) is 0 Å². The van der Waals surface area contributed by atoms with E-state index in [0.29, 0.717) is 4.47 Å². The van der Waals surface area contributed by atoms with Crippen LogP contribution in [0.4, 0.5) is 10.1 Å². The van der Waals surface area contributed by atoms with Gasteiger partial charge in [-0.1, -0.05) is 0 Å². The van der Waals surface area contributed by atoms with E-state index in [1.165, 1.54) is 6.07 Å². The zero-order valence-corrected chi connectivity index (χ0v) is 9.92. The van der Waals surface area contributed by atoms with Gasteiger partial charge in [-0.05, 0) is 53.4 Å². The zero-order valence-electron chi connectivity index (χ0n) is 8.34. The summed E-state index contributed by atoms with van der Waals surface area (Å²) < 4.78 is 13.8.